The molecule has 1 unspecified atom stereocenters. The molecule has 2 aromatic carbocycles. The number of benzene rings is 2. The Morgan fingerprint density at radius 1 is 1.07 bits per heavy atom. The minimum Gasteiger partial charge on any atom is -0.342 e. The van der Waals surface area contributed by atoms with Crippen molar-refractivity contribution >= 4 is 27.8 Å². The van der Waals surface area contributed by atoms with Crippen molar-refractivity contribution in [2.24, 2.45) is 0 Å². The van der Waals surface area contributed by atoms with E-state index in [9.17, 15) is 18.0 Å². The number of rotatable bonds is 3. The molecule has 0 bridgehead atoms. The fourth-order valence-corrected chi connectivity index (χ4v) is 3.14. The zero-order valence-electron chi connectivity index (χ0n) is 14.7. The number of nitrogens with zero attached hydrogens (tertiary/aromatic N) is 2. The molecule has 8 heteroatoms. The van der Waals surface area contributed by atoms with Gasteiger partial charge in [-0.25, -0.2) is 4.98 Å². The van der Waals surface area contributed by atoms with Crippen molar-refractivity contribution in [1.29, 1.82) is 0 Å². The standard InChI is InChI=1S/C20H15F3N4O/c1-11(18-26-15-8-4-5-9-16(15)27-18)25-19(28)13-10-24-14-7-3-2-6-12(14)17(13)20(21,22)23/h2-11H,1H3,(H,25,28)(H,26,27). The van der Waals surface area contributed by atoms with E-state index in [-0.39, 0.29) is 10.9 Å². The highest BCUT2D eigenvalue weighted by atomic mass is 19.4. The maximum Gasteiger partial charge on any atom is 0.417 e. The predicted octanol–water partition coefficient (Wildman–Crippen LogP) is 4.62. The van der Waals surface area contributed by atoms with E-state index in [0.29, 0.717) is 11.3 Å². The second-order valence-electron chi connectivity index (χ2n) is 6.40. The van der Waals surface area contributed by atoms with E-state index in [1.165, 1.54) is 18.2 Å². The molecule has 0 aliphatic rings. The number of aromatic amines is 1. The molecule has 2 N–H and O–H groups in total. The van der Waals surface area contributed by atoms with Crippen LogP contribution in [-0.4, -0.2) is 20.9 Å². The number of amides is 1. The highest BCUT2D eigenvalue weighted by molar-refractivity contribution is 6.00. The summed E-state index contributed by atoms with van der Waals surface area (Å²) < 4.78 is 41.1. The van der Waals surface area contributed by atoms with Gasteiger partial charge in [-0.05, 0) is 25.1 Å². The molecule has 5 nitrogen and oxygen atoms in total. The molecule has 142 valence electrons. The summed E-state index contributed by atoms with van der Waals surface area (Å²) in [5.41, 5.74) is 0.155. The lowest BCUT2D eigenvalue weighted by Crippen LogP contribution is -2.29. The molecular formula is C20H15F3N4O. The molecule has 2 heterocycles. The van der Waals surface area contributed by atoms with Crippen molar-refractivity contribution in [3.05, 3.63) is 71.7 Å². The number of alkyl halides is 3. The van der Waals surface area contributed by atoms with E-state index in [1.807, 2.05) is 18.2 Å². The number of para-hydroxylation sites is 3. The molecule has 4 rings (SSSR count). The molecule has 0 fully saturated rings. The van der Waals surface area contributed by atoms with E-state index in [0.717, 1.165) is 11.7 Å². The van der Waals surface area contributed by atoms with Crippen LogP contribution in [0.4, 0.5) is 13.2 Å². The minimum absolute atomic E-state index is 0.112. The predicted molar refractivity (Wildman–Crippen MR) is 98.7 cm³/mol. The van der Waals surface area contributed by atoms with Gasteiger partial charge in [-0.1, -0.05) is 30.3 Å². The summed E-state index contributed by atoms with van der Waals surface area (Å²) in [6.07, 6.45) is -3.73. The lowest BCUT2D eigenvalue weighted by atomic mass is 10.0. The van der Waals surface area contributed by atoms with E-state index >= 15 is 0 Å². The lowest BCUT2D eigenvalue weighted by molar-refractivity contribution is -0.136. The highest BCUT2D eigenvalue weighted by Gasteiger charge is 2.38. The van der Waals surface area contributed by atoms with Gasteiger partial charge in [0.05, 0.1) is 33.7 Å². The third kappa shape index (κ3) is 3.17. The summed E-state index contributed by atoms with van der Waals surface area (Å²) in [5, 5.41) is 2.47. The molecule has 0 radical (unpaired) electrons. The number of fused-ring (bicyclic) bond motifs is 2. The number of carbonyl (C=O) groups excluding carboxylic acids is 1. The smallest absolute Gasteiger partial charge is 0.342 e. The first-order chi connectivity index (χ1) is 13.3. The van der Waals surface area contributed by atoms with Crippen molar-refractivity contribution in [2.75, 3.05) is 0 Å². The molecule has 0 saturated heterocycles. The van der Waals surface area contributed by atoms with Crippen LogP contribution in [0.2, 0.25) is 0 Å². The maximum atomic E-state index is 13.7. The zero-order chi connectivity index (χ0) is 19.9. The van der Waals surface area contributed by atoms with Crippen LogP contribution >= 0.6 is 0 Å². The third-order valence-corrected chi connectivity index (χ3v) is 4.47. The quantitative estimate of drug-likeness (QED) is 0.541. The van der Waals surface area contributed by atoms with Gasteiger partial charge >= 0.3 is 6.18 Å². The monoisotopic (exact) mass is 384 g/mol. The molecule has 1 atom stereocenters. The number of halogens is 3. The van der Waals surface area contributed by atoms with E-state index in [4.69, 9.17) is 0 Å². The first kappa shape index (κ1) is 18.0. The first-order valence-electron chi connectivity index (χ1n) is 8.55. The molecular weight excluding hydrogens is 369 g/mol. The van der Waals surface area contributed by atoms with Crippen LogP contribution in [0, 0.1) is 0 Å². The second-order valence-corrected chi connectivity index (χ2v) is 6.40. The van der Waals surface area contributed by atoms with E-state index in [1.54, 1.807) is 19.1 Å². The van der Waals surface area contributed by atoms with Gasteiger partial charge in [-0.15, -0.1) is 0 Å². The number of hydrogen-bond acceptors (Lipinski definition) is 3. The molecule has 28 heavy (non-hydrogen) atoms. The van der Waals surface area contributed by atoms with Gasteiger partial charge in [0.1, 0.15) is 5.82 Å². The van der Waals surface area contributed by atoms with Gasteiger partial charge in [-0.3, -0.25) is 9.78 Å². The second kappa shape index (κ2) is 6.63. The number of H-pyrrole nitrogens is 1. The molecule has 0 aliphatic carbocycles. The summed E-state index contributed by atoms with van der Waals surface area (Å²) in [6.45, 7) is 1.65. The van der Waals surface area contributed by atoms with Crippen molar-refractivity contribution < 1.29 is 18.0 Å². The zero-order valence-corrected chi connectivity index (χ0v) is 14.7. The largest absolute Gasteiger partial charge is 0.417 e. The normalized spacial score (nSPS) is 13.0. The van der Waals surface area contributed by atoms with Crippen LogP contribution in [0.3, 0.4) is 0 Å². The van der Waals surface area contributed by atoms with E-state index in [2.05, 4.69) is 20.3 Å². The van der Waals surface area contributed by atoms with Crippen LogP contribution in [0.15, 0.2) is 54.7 Å². The number of carbonyl (C=O) groups is 1. The summed E-state index contributed by atoms with van der Waals surface area (Å²) in [4.78, 5) is 24.1. The van der Waals surface area contributed by atoms with Crippen LogP contribution in [0.5, 0.6) is 0 Å². The van der Waals surface area contributed by atoms with Crippen molar-refractivity contribution in [1.82, 2.24) is 20.3 Å². The molecule has 2 aromatic heterocycles. The van der Waals surface area contributed by atoms with Gasteiger partial charge < -0.3 is 10.3 Å². The van der Waals surface area contributed by atoms with Gasteiger partial charge in [0, 0.05) is 11.6 Å². The van der Waals surface area contributed by atoms with Crippen molar-refractivity contribution in [3.8, 4) is 0 Å². The molecule has 0 spiro atoms. The van der Waals surface area contributed by atoms with Gasteiger partial charge in [0.2, 0.25) is 0 Å². The summed E-state index contributed by atoms with van der Waals surface area (Å²) >= 11 is 0. The van der Waals surface area contributed by atoms with Crippen LogP contribution in [-0.2, 0) is 6.18 Å². The van der Waals surface area contributed by atoms with Gasteiger partial charge in [-0.2, -0.15) is 13.2 Å². The van der Waals surface area contributed by atoms with Crippen LogP contribution in [0.25, 0.3) is 21.9 Å². The van der Waals surface area contributed by atoms with E-state index < -0.39 is 29.3 Å². The fourth-order valence-electron chi connectivity index (χ4n) is 3.14. The minimum atomic E-state index is -4.70. The maximum absolute atomic E-state index is 13.7. The Hall–Kier alpha value is -3.42. The molecule has 4 aromatic rings. The first-order valence-corrected chi connectivity index (χ1v) is 8.55. The number of pyridine rings is 1. The third-order valence-electron chi connectivity index (χ3n) is 4.47. The number of nitrogens with one attached hydrogen (secondary N) is 2. The molecule has 0 saturated carbocycles. The Bertz CT molecular complexity index is 1150. The Kier molecular flexibility index (Phi) is 4.26. The average molecular weight is 384 g/mol. The van der Waals surface area contributed by atoms with Crippen molar-refractivity contribution in [2.45, 2.75) is 19.1 Å². The van der Waals surface area contributed by atoms with Gasteiger partial charge in [0.15, 0.2) is 0 Å². The van der Waals surface area contributed by atoms with Crippen LogP contribution in [0.1, 0.15) is 34.7 Å². The number of aromatic nitrogens is 3. The topological polar surface area (TPSA) is 70.7 Å². The Morgan fingerprint density at radius 2 is 1.75 bits per heavy atom. The Morgan fingerprint density at radius 3 is 2.46 bits per heavy atom. The number of hydrogen-bond donors (Lipinski definition) is 2. The van der Waals surface area contributed by atoms with Crippen LogP contribution < -0.4 is 5.32 Å². The molecule has 0 aliphatic heterocycles. The highest BCUT2D eigenvalue weighted by Crippen LogP contribution is 2.36. The van der Waals surface area contributed by atoms with Gasteiger partial charge in [0.25, 0.3) is 5.91 Å². The number of imidazole rings is 1. The Balaban J connectivity index is 1.70. The fraction of sp³-hybridized carbons (Fsp3) is 0.150. The summed E-state index contributed by atoms with van der Waals surface area (Å²) in [7, 11) is 0. The SMILES string of the molecule is CC(NC(=O)c1cnc2ccccc2c1C(F)(F)F)c1nc2ccccc2[nH]1. The average Bonchev–Trinajstić information content (AvgIpc) is 3.10. The Labute approximate surface area is 157 Å². The molecule has 1 amide bonds. The van der Waals surface area contributed by atoms with Crippen molar-refractivity contribution in [3.63, 3.8) is 0 Å². The lowest BCUT2D eigenvalue weighted by Gasteiger charge is -2.17. The summed E-state index contributed by atoms with van der Waals surface area (Å²) in [6, 6.07) is 12.5. The summed E-state index contributed by atoms with van der Waals surface area (Å²) in [5.74, 6) is -0.407.